The van der Waals surface area contributed by atoms with Gasteiger partial charge in [-0.2, -0.15) is 0 Å². The molecule has 0 radical (unpaired) electrons. The van der Waals surface area contributed by atoms with Crippen molar-refractivity contribution in [2.45, 2.75) is 6.92 Å². The number of nitrogens with zero attached hydrogens (tertiary/aromatic N) is 2. The maximum atomic E-state index is 5.91. The molecule has 0 saturated carbocycles. The van der Waals surface area contributed by atoms with Crippen molar-refractivity contribution in [3.8, 4) is 11.6 Å². The van der Waals surface area contributed by atoms with E-state index in [2.05, 4.69) is 9.97 Å². The number of ether oxygens (including phenoxy) is 1. The van der Waals surface area contributed by atoms with Gasteiger partial charge in [-0.25, -0.2) is 4.98 Å². The highest BCUT2D eigenvalue weighted by Crippen LogP contribution is 2.30. The van der Waals surface area contributed by atoms with Gasteiger partial charge < -0.3 is 10.5 Å². The predicted octanol–water partition coefficient (Wildman–Crippen LogP) is 3.31. The maximum Gasteiger partial charge on any atom is 0.242 e. The molecule has 0 spiro atoms. The SMILES string of the molecule is Cc1cnc(Oc2cccc3ncccc23)c(N)c1. The average molecular weight is 251 g/mol. The first-order chi connectivity index (χ1) is 9.24. The highest BCUT2D eigenvalue weighted by atomic mass is 16.5. The minimum Gasteiger partial charge on any atom is -0.436 e. The minimum atomic E-state index is 0.418. The van der Waals surface area contributed by atoms with E-state index < -0.39 is 0 Å². The largest absolute Gasteiger partial charge is 0.436 e. The number of benzene rings is 1. The van der Waals surface area contributed by atoms with E-state index in [1.54, 1.807) is 12.4 Å². The Labute approximate surface area is 110 Å². The molecule has 0 amide bonds. The van der Waals surface area contributed by atoms with E-state index in [4.69, 9.17) is 10.5 Å². The van der Waals surface area contributed by atoms with Crippen LogP contribution in [0.4, 0.5) is 5.69 Å². The van der Waals surface area contributed by atoms with E-state index in [1.807, 2.05) is 43.3 Å². The van der Waals surface area contributed by atoms with Crippen LogP contribution in [0, 0.1) is 6.92 Å². The second-order valence-corrected chi connectivity index (χ2v) is 4.34. The molecule has 19 heavy (non-hydrogen) atoms. The summed E-state index contributed by atoms with van der Waals surface area (Å²) >= 11 is 0. The average Bonchev–Trinajstić information content (AvgIpc) is 2.42. The fourth-order valence-electron chi connectivity index (χ4n) is 1.93. The van der Waals surface area contributed by atoms with Crippen LogP contribution in [-0.2, 0) is 0 Å². The summed E-state index contributed by atoms with van der Waals surface area (Å²) in [6, 6.07) is 11.4. The Morgan fingerprint density at radius 2 is 2.00 bits per heavy atom. The Hall–Kier alpha value is -2.62. The van der Waals surface area contributed by atoms with E-state index in [0.717, 1.165) is 16.5 Å². The molecule has 2 heterocycles. The predicted molar refractivity (Wildman–Crippen MR) is 75.2 cm³/mol. The summed E-state index contributed by atoms with van der Waals surface area (Å²) in [4.78, 5) is 8.50. The Balaban J connectivity index is 2.06. The molecular weight excluding hydrogens is 238 g/mol. The van der Waals surface area contributed by atoms with E-state index in [1.165, 1.54) is 0 Å². The van der Waals surface area contributed by atoms with Crippen LogP contribution in [0.2, 0.25) is 0 Å². The lowest BCUT2D eigenvalue weighted by molar-refractivity contribution is 0.470. The monoisotopic (exact) mass is 251 g/mol. The lowest BCUT2D eigenvalue weighted by Crippen LogP contribution is -1.96. The van der Waals surface area contributed by atoms with Gasteiger partial charge in [0.15, 0.2) is 0 Å². The summed E-state index contributed by atoms with van der Waals surface area (Å²) in [5.74, 6) is 1.12. The standard InChI is InChI=1S/C15H13N3O/c1-10-8-12(16)15(18-9-10)19-14-6-2-5-13-11(14)4-3-7-17-13/h2-9H,16H2,1H3. The van der Waals surface area contributed by atoms with Crippen molar-refractivity contribution in [2.24, 2.45) is 0 Å². The summed E-state index contributed by atoms with van der Waals surface area (Å²) in [6.45, 7) is 1.94. The van der Waals surface area contributed by atoms with E-state index in [9.17, 15) is 0 Å². The molecule has 4 heteroatoms. The minimum absolute atomic E-state index is 0.418. The zero-order valence-electron chi connectivity index (χ0n) is 10.5. The lowest BCUT2D eigenvalue weighted by atomic mass is 10.2. The van der Waals surface area contributed by atoms with Crippen molar-refractivity contribution in [3.05, 3.63) is 54.4 Å². The molecule has 4 nitrogen and oxygen atoms in total. The number of hydrogen-bond acceptors (Lipinski definition) is 4. The summed E-state index contributed by atoms with van der Waals surface area (Å²) in [5, 5.41) is 0.937. The van der Waals surface area contributed by atoms with Crippen LogP contribution in [0.5, 0.6) is 11.6 Å². The van der Waals surface area contributed by atoms with Crippen molar-refractivity contribution in [1.29, 1.82) is 0 Å². The molecule has 3 rings (SSSR count). The molecule has 94 valence electrons. The van der Waals surface area contributed by atoms with Crippen molar-refractivity contribution >= 4 is 16.6 Å². The molecule has 0 aliphatic heterocycles. The number of pyridine rings is 2. The molecule has 2 aromatic heterocycles. The Morgan fingerprint density at radius 3 is 2.84 bits per heavy atom. The van der Waals surface area contributed by atoms with Crippen LogP contribution in [0.1, 0.15) is 5.56 Å². The van der Waals surface area contributed by atoms with Crippen molar-refractivity contribution in [1.82, 2.24) is 9.97 Å². The van der Waals surface area contributed by atoms with Gasteiger partial charge in [0, 0.05) is 17.8 Å². The summed E-state index contributed by atoms with van der Waals surface area (Å²) in [5.41, 5.74) is 8.32. The van der Waals surface area contributed by atoms with Gasteiger partial charge in [-0.05, 0) is 42.8 Å². The number of hydrogen-bond donors (Lipinski definition) is 1. The molecule has 0 saturated heterocycles. The second kappa shape index (κ2) is 4.57. The number of nitrogens with two attached hydrogens (primary N) is 1. The number of anilines is 1. The topological polar surface area (TPSA) is 61.0 Å². The highest BCUT2D eigenvalue weighted by Gasteiger charge is 2.07. The Kier molecular flexibility index (Phi) is 2.76. The zero-order chi connectivity index (χ0) is 13.2. The Bertz CT molecular complexity index is 735. The fraction of sp³-hybridized carbons (Fsp3) is 0.0667. The number of aromatic nitrogens is 2. The van der Waals surface area contributed by atoms with Crippen LogP contribution in [-0.4, -0.2) is 9.97 Å². The third-order valence-corrected chi connectivity index (χ3v) is 2.83. The van der Waals surface area contributed by atoms with Crippen molar-refractivity contribution in [2.75, 3.05) is 5.73 Å². The fourth-order valence-corrected chi connectivity index (χ4v) is 1.93. The van der Waals surface area contributed by atoms with Gasteiger partial charge in [0.05, 0.1) is 11.2 Å². The summed E-state index contributed by atoms with van der Waals surface area (Å²) < 4.78 is 5.80. The van der Waals surface area contributed by atoms with Crippen LogP contribution in [0.25, 0.3) is 10.9 Å². The zero-order valence-corrected chi connectivity index (χ0v) is 10.5. The molecule has 0 atom stereocenters. The van der Waals surface area contributed by atoms with Gasteiger partial charge in [-0.1, -0.05) is 6.07 Å². The first kappa shape index (κ1) is 11.5. The molecular formula is C15H13N3O. The van der Waals surface area contributed by atoms with Crippen molar-refractivity contribution < 1.29 is 4.74 Å². The van der Waals surface area contributed by atoms with Crippen LogP contribution >= 0.6 is 0 Å². The molecule has 0 aliphatic rings. The van der Waals surface area contributed by atoms with Gasteiger partial charge in [0.1, 0.15) is 5.75 Å². The van der Waals surface area contributed by atoms with E-state index in [-0.39, 0.29) is 0 Å². The second-order valence-electron chi connectivity index (χ2n) is 4.34. The molecule has 3 aromatic rings. The molecule has 2 N–H and O–H groups in total. The van der Waals surface area contributed by atoms with Crippen LogP contribution in [0.15, 0.2) is 48.8 Å². The van der Waals surface area contributed by atoms with Gasteiger partial charge in [0.2, 0.25) is 5.88 Å². The summed E-state index contributed by atoms with van der Waals surface area (Å²) in [6.07, 6.45) is 3.49. The smallest absolute Gasteiger partial charge is 0.242 e. The first-order valence-corrected chi connectivity index (χ1v) is 5.98. The number of rotatable bonds is 2. The third-order valence-electron chi connectivity index (χ3n) is 2.83. The summed E-state index contributed by atoms with van der Waals surface area (Å²) in [7, 11) is 0. The molecule has 0 bridgehead atoms. The van der Waals surface area contributed by atoms with E-state index >= 15 is 0 Å². The lowest BCUT2D eigenvalue weighted by Gasteiger charge is -2.09. The Morgan fingerprint density at radius 1 is 1.11 bits per heavy atom. The highest BCUT2D eigenvalue weighted by molar-refractivity contribution is 5.85. The van der Waals surface area contributed by atoms with Crippen LogP contribution in [0.3, 0.4) is 0 Å². The number of nitrogen functional groups attached to an aromatic ring is 1. The van der Waals surface area contributed by atoms with Crippen molar-refractivity contribution in [3.63, 3.8) is 0 Å². The quantitative estimate of drug-likeness (QED) is 0.759. The first-order valence-electron chi connectivity index (χ1n) is 5.98. The van der Waals surface area contributed by atoms with E-state index in [0.29, 0.717) is 17.3 Å². The van der Waals surface area contributed by atoms with Gasteiger partial charge in [-0.15, -0.1) is 0 Å². The number of aryl methyl sites for hydroxylation is 1. The third kappa shape index (κ3) is 2.20. The van der Waals surface area contributed by atoms with Gasteiger partial charge >= 0.3 is 0 Å². The maximum absolute atomic E-state index is 5.91. The van der Waals surface area contributed by atoms with Crippen LogP contribution < -0.4 is 10.5 Å². The van der Waals surface area contributed by atoms with Gasteiger partial charge in [0.25, 0.3) is 0 Å². The molecule has 1 aromatic carbocycles. The van der Waals surface area contributed by atoms with Gasteiger partial charge in [-0.3, -0.25) is 4.98 Å². The molecule has 0 unspecified atom stereocenters. The number of fused-ring (bicyclic) bond motifs is 1. The normalized spacial score (nSPS) is 10.6. The molecule has 0 fully saturated rings. The molecule has 0 aliphatic carbocycles.